The lowest BCUT2D eigenvalue weighted by Crippen LogP contribution is -2.35. The summed E-state index contributed by atoms with van der Waals surface area (Å²) in [6, 6.07) is -0.474. The van der Waals surface area contributed by atoms with E-state index in [2.05, 4.69) is 53.3 Å². The molecule has 1 aliphatic rings. The molecule has 1 fully saturated rings. The molecule has 0 spiro atoms. The van der Waals surface area contributed by atoms with Gasteiger partial charge in [0.2, 0.25) is 5.91 Å². The van der Waals surface area contributed by atoms with Crippen LogP contribution in [0, 0.1) is 11.8 Å². The molecule has 10 nitrogen and oxygen atoms in total. The number of carbonyl (C=O) groups is 1. The number of nitrogens with one attached hydrogen (secondary N) is 1. The highest BCUT2D eigenvalue weighted by Gasteiger charge is 2.46. The van der Waals surface area contributed by atoms with Crippen LogP contribution in [-0.2, 0) is 4.79 Å². The summed E-state index contributed by atoms with van der Waals surface area (Å²) in [7, 11) is 0. The van der Waals surface area contributed by atoms with Gasteiger partial charge in [-0.1, -0.05) is 37.7 Å². The first-order valence-corrected chi connectivity index (χ1v) is 11.4. The molecule has 5 N–H and O–H groups in total. The fraction of sp³-hybridized carbons (Fsp3) is 0.737. The number of aliphatic hydroxyl groups excluding tert-OH is 2. The Morgan fingerprint density at radius 3 is 2.63 bits per heavy atom. The van der Waals surface area contributed by atoms with Gasteiger partial charge in [0.05, 0.1) is 18.1 Å². The number of aromatic nitrogens is 5. The van der Waals surface area contributed by atoms with Crippen LogP contribution in [0.15, 0.2) is 5.16 Å². The average Bonchev–Trinajstić information content (AvgIpc) is 3.21. The molecule has 0 aliphatic heterocycles. The van der Waals surface area contributed by atoms with Crippen molar-refractivity contribution in [2.75, 3.05) is 11.1 Å². The molecule has 30 heavy (non-hydrogen) atoms. The molecule has 2 aromatic rings. The molecule has 1 saturated carbocycles. The first-order valence-electron chi connectivity index (χ1n) is 10.4. The second-order valence-corrected chi connectivity index (χ2v) is 9.44. The SMILES string of the molecule is CCCSc1nc(NC(C)CC(C)C)c2nnn([C@@H]3C[C@H](C(N)=O)[C@@H](O)[C@H]3O)c2n1. The summed E-state index contributed by atoms with van der Waals surface area (Å²) in [5.41, 5.74) is 6.34. The third-order valence-electron chi connectivity index (χ3n) is 5.28. The lowest BCUT2D eigenvalue weighted by atomic mass is 10.1. The number of hydrogen-bond donors (Lipinski definition) is 4. The van der Waals surface area contributed by atoms with Gasteiger partial charge in [-0.3, -0.25) is 4.79 Å². The molecule has 166 valence electrons. The zero-order valence-corrected chi connectivity index (χ0v) is 18.6. The molecule has 0 radical (unpaired) electrons. The van der Waals surface area contributed by atoms with E-state index in [1.54, 1.807) is 0 Å². The summed E-state index contributed by atoms with van der Waals surface area (Å²) >= 11 is 1.53. The Morgan fingerprint density at radius 2 is 2.03 bits per heavy atom. The monoisotopic (exact) mass is 437 g/mol. The Balaban J connectivity index is 2.00. The summed E-state index contributed by atoms with van der Waals surface area (Å²) in [6.45, 7) is 8.50. The van der Waals surface area contributed by atoms with Crippen LogP contribution in [0.3, 0.4) is 0 Å². The maximum absolute atomic E-state index is 11.6. The van der Waals surface area contributed by atoms with Crippen LogP contribution < -0.4 is 11.1 Å². The minimum Gasteiger partial charge on any atom is -0.390 e. The molecular formula is C19H31N7O3S. The average molecular weight is 438 g/mol. The zero-order valence-electron chi connectivity index (χ0n) is 17.8. The maximum atomic E-state index is 11.6. The van der Waals surface area contributed by atoms with Crippen molar-refractivity contribution in [2.45, 2.75) is 76.4 Å². The van der Waals surface area contributed by atoms with E-state index >= 15 is 0 Å². The molecule has 0 saturated heterocycles. The Hall–Kier alpha value is -1.98. The molecule has 0 bridgehead atoms. The van der Waals surface area contributed by atoms with Gasteiger partial charge in [0.1, 0.15) is 6.10 Å². The molecule has 1 unspecified atom stereocenters. The lowest BCUT2D eigenvalue weighted by Gasteiger charge is -2.18. The van der Waals surface area contributed by atoms with Crippen LogP contribution in [0.1, 0.15) is 53.0 Å². The number of nitrogens with zero attached hydrogens (tertiary/aromatic N) is 5. The summed E-state index contributed by atoms with van der Waals surface area (Å²) in [5.74, 6) is 0.492. The van der Waals surface area contributed by atoms with E-state index in [-0.39, 0.29) is 12.5 Å². The Bertz CT molecular complexity index is 890. The quantitative estimate of drug-likeness (QED) is 0.336. The van der Waals surface area contributed by atoms with Crippen molar-refractivity contribution in [1.29, 1.82) is 0 Å². The predicted octanol–water partition coefficient (Wildman–Crippen LogP) is 1.34. The van der Waals surface area contributed by atoms with Gasteiger partial charge >= 0.3 is 0 Å². The van der Waals surface area contributed by atoms with E-state index in [4.69, 9.17) is 5.73 Å². The first kappa shape index (κ1) is 22.7. The second kappa shape index (κ2) is 9.44. The van der Waals surface area contributed by atoms with E-state index in [1.165, 1.54) is 16.4 Å². The molecule has 1 amide bonds. The normalized spacial score (nSPS) is 25.2. The fourth-order valence-corrected chi connectivity index (χ4v) is 4.62. The number of rotatable bonds is 9. The fourth-order valence-electron chi connectivity index (χ4n) is 3.93. The van der Waals surface area contributed by atoms with Gasteiger partial charge in [-0.05, 0) is 32.1 Å². The zero-order chi connectivity index (χ0) is 22.0. The Kier molecular flexibility index (Phi) is 7.14. The van der Waals surface area contributed by atoms with Crippen LogP contribution in [-0.4, -0.2) is 65.1 Å². The van der Waals surface area contributed by atoms with Crippen molar-refractivity contribution in [3.05, 3.63) is 0 Å². The van der Waals surface area contributed by atoms with Crippen molar-refractivity contribution in [2.24, 2.45) is 17.6 Å². The van der Waals surface area contributed by atoms with Gasteiger partial charge < -0.3 is 21.3 Å². The van der Waals surface area contributed by atoms with Crippen LogP contribution in [0.4, 0.5) is 5.82 Å². The third kappa shape index (κ3) is 4.68. The topological polar surface area (TPSA) is 152 Å². The molecule has 2 aromatic heterocycles. The number of amides is 1. The summed E-state index contributed by atoms with van der Waals surface area (Å²) in [5, 5.41) is 33.2. The van der Waals surface area contributed by atoms with E-state index < -0.39 is 30.1 Å². The van der Waals surface area contributed by atoms with Gasteiger partial charge in [0, 0.05) is 11.8 Å². The number of fused-ring (bicyclic) bond motifs is 1. The van der Waals surface area contributed by atoms with Gasteiger partial charge in [0.15, 0.2) is 22.1 Å². The van der Waals surface area contributed by atoms with E-state index in [9.17, 15) is 15.0 Å². The van der Waals surface area contributed by atoms with Gasteiger partial charge in [-0.25, -0.2) is 14.6 Å². The third-order valence-corrected chi connectivity index (χ3v) is 6.33. The second-order valence-electron chi connectivity index (χ2n) is 8.38. The summed E-state index contributed by atoms with van der Waals surface area (Å²) in [6.07, 6.45) is -0.324. The van der Waals surface area contributed by atoms with Crippen molar-refractivity contribution in [3.8, 4) is 0 Å². The van der Waals surface area contributed by atoms with Crippen molar-refractivity contribution in [1.82, 2.24) is 25.0 Å². The Labute approximate surface area is 180 Å². The predicted molar refractivity (Wildman–Crippen MR) is 115 cm³/mol. The number of nitrogens with two attached hydrogens (primary N) is 1. The summed E-state index contributed by atoms with van der Waals surface area (Å²) < 4.78 is 1.49. The Morgan fingerprint density at radius 1 is 1.30 bits per heavy atom. The largest absolute Gasteiger partial charge is 0.390 e. The number of thioether (sulfide) groups is 1. The molecule has 1 aliphatic carbocycles. The van der Waals surface area contributed by atoms with E-state index in [0.29, 0.717) is 28.1 Å². The molecule has 2 heterocycles. The lowest BCUT2D eigenvalue weighted by molar-refractivity contribution is -0.125. The van der Waals surface area contributed by atoms with Crippen LogP contribution in [0.25, 0.3) is 11.2 Å². The van der Waals surface area contributed by atoms with Crippen LogP contribution in [0.2, 0.25) is 0 Å². The van der Waals surface area contributed by atoms with Crippen molar-refractivity contribution >= 4 is 34.7 Å². The van der Waals surface area contributed by atoms with Gasteiger partial charge in [-0.15, -0.1) is 5.10 Å². The smallest absolute Gasteiger partial charge is 0.223 e. The number of primary amides is 1. The molecular weight excluding hydrogens is 406 g/mol. The van der Waals surface area contributed by atoms with Crippen molar-refractivity contribution < 1.29 is 15.0 Å². The number of aliphatic hydroxyl groups is 2. The molecule has 0 aromatic carbocycles. The minimum absolute atomic E-state index is 0.171. The number of hydrogen-bond acceptors (Lipinski definition) is 9. The standard InChI is InChI=1S/C19H31N7O3S/c1-5-6-30-19-22-17(21-10(4)7-9(2)3)13-18(23-19)26(25-24-13)12-8-11(16(20)29)14(27)15(12)28/h9-12,14-15,27-28H,5-8H2,1-4H3,(H2,20,29)(H,21,22,23)/t10?,11-,12+,14+,15-/m0/s1. The van der Waals surface area contributed by atoms with Crippen LogP contribution >= 0.6 is 11.8 Å². The van der Waals surface area contributed by atoms with E-state index in [0.717, 1.165) is 18.6 Å². The highest BCUT2D eigenvalue weighted by atomic mass is 32.2. The highest BCUT2D eigenvalue weighted by molar-refractivity contribution is 7.99. The highest BCUT2D eigenvalue weighted by Crippen LogP contribution is 2.37. The van der Waals surface area contributed by atoms with E-state index in [1.807, 2.05) is 0 Å². The summed E-state index contributed by atoms with van der Waals surface area (Å²) in [4.78, 5) is 20.9. The first-order chi connectivity index (χ1) is 14.2. The van der Waals surface area contributed by atoms with Gasteiger partial charge in [0.25, 0.3) is 0 Å². The van der Waals surface area contributed by atoms with Crippen molar-refractivity contribution in [3.63, 3.8) is 0 Å². The minimum atomic E-state index is -1.24. The molecule has 5 atom stereocenters. The van der Waals surface area contributed by atoms with Gasteiger partial charge in [-0.2, -0.15) is 0 Å². The maximum Gasteiger partial charge on any atom is 0.223 e. The van der Waals surface area contributed by atoms with Crippen LogP contribution in [0.5, 0.6) is 0 Å². The molecule has 11 heteroatoms. The number of anilines is 1. The number of carbonyl (C=O) groups excluding carboxylic acids is 1. The molecule has 3 rings (SSSR count).